The summed E-state index contributed by atoms with van der Waals surface area (Å²) in [5, 5.41) is 12.1. The number of amides is 7. The van der Waals surface area contributed by atoms with Crippen molar-refractivity contribution in [1.29, 1.82) is 0 Å². The highest BCUT2D eigenvalue weighted by Gasteiger charge is 2.46. The van der Waals surface area contributed by atoms with Crippen molar-refractivity contribution in [3.63, 3.8) is 0 Å². The van der Waals surface area contributed by atoms with Crippen molar-refractivity contribution in [1.82, 2.24) is 41.0 Å². The molecule has 5 aromatic rings. The first kappa shape index (κ1) is 62.7. The maximum absolute atomic E-state index is 16.2. The number of nitrogens with zero attached hydrogens (tertiary/aromatic N) is 3. The third-order valence-electron chi connectivity index (χ3n) is 16.0. The van der Waals surface area contributed by atoms with Crippen molar-refractivity contribution < 1.29 is 61.8 Å². The molecule has 0 radical (unpaired) electrons. The molecule has 24 heteroatoms. The zero-order chi connectivity index (χ0) is 60.8. The molecule has 0 aliphatic carbocycles. The van der Waals surface area contributed by atoms with Gasteiger partial charge in [0.2, 0.25) is 35.4 Å². The number of aromatic nitrogens is 2. The van der Waals surface area contributed by atoms with Gasteiger partial charge in [-0.25, -0.2) is 9.37 Å². The van der Waals surface area contributed by atoms with E-state index < -0.39 is 84.1 Å². The number of hydrogen-bond acceptors (Lipinski definition) is 12. The number of benzene rings is 3. The van der Waals surface area contributed by atoms with E-state index in [9.17, 15) is 52.7 Å². The Morgan fingerprint density at radius 1 is 0.929 bits per heavy atom. The van der Waals surface area contributed by atoms with Crippen LogP contribution in [0.5, 0.6) is 5.75 Å². The lowest BCUT2D eigenvalue weighted by atomic mass is 9.85. The van der Waals surface area contributed by atoms with Gasteiger partial charge in [0.25, 0.3) is 11.4 Å². The Morgan fingerprint density at radius 3 is 2.35 bits per heavy atom. The minimum Gasteiger partial charge on any atom is -0.488 e. The molecule has 84 heavy (non-hydrogen) atoms. The zero-order valence-electron chi connectivity index (χ0n) is 48.1. The molecule has 5 heterocycles. The lowest BCUT2D eigenvalue weighted by molar-refractivity contribution is -0.144. The molecular formula is C60H75FN9O12PS. The fraction of sp³-hybridized carbons (Fsp3) is 0.483. The number of H-pyrrole nitrogens is 1. The van der Waals surface area contributed by atoms with Gasteiger partial charge < -0.3 is 56.3 Å². The number of halogens is 1. The second-order valence-electron chi connectivity index (χ2n) is 23.6. The molecule has 9 N–H and O–H groups in total. The van der Waals surface area contributed by atoms with E-state index in [1.807, 2.05) is 71.3 Å². The van der Waals surface area contributed by atoms with Crippen molar-refractivity contribution in [2.24, 2.45) is 17.1 Å². The molecule has 8 atom stereocenters. The van der Waals surface area contributed by atoms with Crippen LogP contribution in [0.25, 0.3) is 21.3 Å². The average molecular weight is 1200 g/mol. The van der Waals surface area contributed by atoms with Crippen molar-refractivity contribution in [2.45, 2.75) is 161 Å². The van der Waals surface area contributed by atoms with E-state index in [4.69, 9.17) is 10.5 Å². The van der Waals surface area contributed by atoms with Crippen LogP contribution in [0.15, 0.2) is 72.2 Å². The highest BCUT2D eigenvalue weighted by atomic mass is 32.1. The molecular weight excluding hydrogens is 1120 g/mol. The lowest BCUT2D eigenvalue weighted by Crippen LogP contribution is -2.57. The SMILES string of the molecule is Cc1ncsc1-c1ccc([C@H](C)NC(=O)[C@@H]2C[C@@H](C)CN2C(=O)[C@@H](NC(=O)CCCc2cccc(OC[C@H](CCC(N)=O)NC(=O)[C@@H]3CC[C@@H]4CCCC[C@H](NC(=O)c5cc6cc(C(=O)P(=O)(O)O)ccc6[nH]5)C(=O)N43)c2F)C(C)(C)C)cc1. The van der Waals surface area contributed by atoms with Crippen LogP contribution in [0.2, 0.25) is 0 Å². The number of primary amides is 1. The Morgan fingerprint density at radius 2 is 1.65 bits per heavy atom. The lowest BCUT2D eigenvalue weighted by Gasteiger charge is -2.35. The summed E-state index contributed by atoms with van der Waals surface area (Å²) < 4.78 is 33.7. The van der Waals surface area contributed by atoms with E-state index in [1.165, 1.54) is 35.2 Å². The number of aromatic amines is 1. The van der Waals surface area contributed by atoms with Gasteiger partial charge in [-0.3, -0.25) is 42.9 Å². The molecule has 3 aliphatic rings. The summed E-state index contributed by atoms with van der Waals surface area (Å²) >= 11 is 1.56. The number of aryl methyl sites for hydroxylation is 2. The largest absolute Gasteiger partial charge is 0.488 e. The van der Waals surface area contributed by atoms with Gasteiger partial charge in [0.15, 0.2) is 11.6 Å². The van der Waals surface area contributed by atoms with Crippen LogP contribution in [0, 0.1) is 24.1 Å². The van der Waals surface area contributed by atoms with Gasteiger partial charge in [0.1, 0.15) is 36.5 Å². The van der Waals surface area contributed by atoms with Crippen LogP contribution in [-0.2, 0) is 39.8 Å². The molecule has 3 aliphatic heterocycles. The molecule has 0 spiro atoms. The van der Waals surface area contributed by atoms with Gasteiger partial charge in [0.05, 0.1) is 28.2 Å². The fourth-order valence-electron chi connectivity index (χ4n) is 11.5. The van der Waals surface area contributed by atoms with E-state index >= 15 is 4.39 Å². The van der Waals surface area contributed by atoms with Gasteiger partial charge in [-0.05, 0) is 124 Å². The van der Waals surface area contributed by atoms with E-state index in [2.05, 4.69) is 31.2 Å². The maximum atomic E-state index is 16.2. The summed E-state index contributed by atoms with van der Waals surface area (Å²) in [6.07, 6.45) is 3.74. The van der Waals surface area contributed by atoms with Crippen molar-refractivity contribution in [2.75, 3.05) is 13.2 Å². The van der Waals surface area contributed by atoms with Crippen molar-refractivity contribution in [3.05, 3.63) is 106 Å². The predicted octanol–water partition coefficient (Wildman–Crippen LogP) is 6.89. The number of thiazole rings is 1. The maximum Gasteiger partial charge on any atom is 0.396 e. The second-order valence-corrected chi connectivity index (χ2v) is 25.9. The zero-order valence-corrected chi connectivity index (χ0v) is 49.8. The molecule has 3 aromatic carbocycles. The molecule has 0 bridgehead atoms. The first-order chi connectivity index (χ1) is 39.8. The van der Waals surface area contributed by atoms with Crippen molar-refractivity contribution >= 4 is 76.7 Å². The predicted molar refractivity (Wildman–Crippen MR) is 313 cm³/mol. The van der Waals surface area contributed by atoms with Gasteiger partial charge in [-0.2, -0.15) is 0 Å². The number of ether oxygens (including phenoxy) is 1. The van der Waals surface area contributed by atoms with Crippen LogP contribution in [0.1, 0.15) is 149 Å². The van der Waals surface area contributed by atoms with Crippen LogP contribution in [-0.4, -0.2) is 126 Å². The Hall–Kier alpha value is -7.33. The van der Waals surface area contributed by atoms with Gasteiger partial charge in [-0.1, -0.05) is 76.9 Å². The minimum absolute atomic E-state index is 0.0334. The Bertz CT molecular complexity index is 3340. The van der Waals surface area contributed by atoms with E-state index in [1.54, 1.807) is 28.4 Å². The third kappa shape index (κ3) is 15.1. The fourth-order valence-corrected chi connectivity index (χ4v) is 12.8. The standard InChI is InChI=1S/C60H75FN9O12PS/c1-33-27-47(56(75)64-34(2)36-17-19-38(20-18-36)52-35(3)63-32-84-52)69(30-33)58(77)53(60(4,5)6)68-50(72)16-10-12-37-11-9-15-48(51(37)61)82-31-41(22-26-49(62)71)65-55(74)46-25-23-42-13-7-8-14-44(57(76)70(42)46)67-54(73)45-29-40-28-39(21-24-43(40)66-45)59(78)83(79,80)81/h9,11,15,17-21,24,28-29,32-34,41-42,44,46-47,53,66H,7-8,10,12-14,16,22-23,25-27,30-31H2,1-6H3,(H2,62,71)(H,64,75)(H,65,74)(H,67,73)(H,68,72)(H2,79,80,81)/t33-,34+,41+,42+,44+,46+,47+,53-/m1/s1. The van der Waals surface area contributed by atoms with Crippen LogP contribution in [0.4, 0.5) is 4.39 Å². The third-order valence-corrected chi connectivity index (χ3v) is 17.8. The number of likely N-dealkylation sites (tertiary alicyclic amines) is 1. The van der Waals surface area contributed by atoms with Gasteiger partial charge in [0, 0.05) is 41.9 Å². The molecule has 0 saturated carbocycles. The first-order valence-electron chi connectivity index (χ1n) is 28.5. The Balaban J connectivity index is 0.851. The highest BCUT2D eigenvalue weighted by Crippen LogP contribution is 2.40. The number of nitrogens with two attached hydrogens (primary N) is 1. The topological polar surface area (TPSA) is 313 Å². The molecule has 3 fully saturated rings. The monoisotopic (exact) mass is 1200 g/mol. The Labute approximate surface area is 491 Å². The average Bonchev–Trinajstić information content (AvgIpc) is 3.34. The highest BCUT2D eigenvalue weighted by molar-refractivity contribution is 7.70. The number of nitrogens with one attached hydrogen (secondary N) is 5. The summed E-state index contributed by atoms with van der Waals surface area (Å²) in [6, 6.07) is 12.7. The van der Waals surface area contributed by atoms with Gasteiger partial charge >= 0.3 is 7.60 Å². The molecule has 8 rings (SSSR count). The summed E-state index contributed by atoms with van der Waals surface area (Å²) in [6.45, 7) is 11.5. The number of carbonyl (C=O) groups excluding carboxylic acids is 8. The molecule has 21 nitrogen and oxygen atoms in total. The number of fused-ring (bicyclic) bond motifs is 2. The summed E-state index contributed by atoms with van der Waals surface area (Å²) in [5.74, 6) is -4.11. The first-order valence-corrected chi connectivity index (χ1v) is 31.0. The van der Waals surface area contributed by atoms with E-state index in [-0.39, 0.29) is 97.5 Å². The number of hydrogen-bond donors (Lipinski definition) is 8. The molecule has 7 amide bonds. The Kier molecular flexibility index (Phi) is 19.9. The molecule has 3 saturated heterocycles. The van der Waals surface area contributed by atoms with Crippen LogP contribution < -0.4 is 31.7 Å². The number of carbonyl (C=O) groups is 8. The van der Waals surface area contributed by atoms with Crippen LogP contribution >= 0.6 is 18.9 Å². The van der Waals surface area contributed by atoms with Crippen molar-refractivity contribution in [3.8, 4) is 16.2 Å². The molecule has 2 aromatic heterocycles. The van der Waals surface area contributed by atoms with Gasteiger partial charge in [-0.15, -0.1) is 11.3 Å². The smallest absolute Gasteiger partial charge is 0.396 e. The summed E-state index contributed by atoms with van der Waals surface area (Å²) in [4.78, 5) is 139. The normalized spacial score (nSPS) is 20.2. The molecule has 450 valence electrons. The van der Waals surface area contributed by atoms with E-state index in [0.29, 0.717) is 49.6 Å². The number of rotatable bonds is 22. The van der Waals surface area contributed by atoms with Crippen LogP contribution in [0.3, 0.4) is 0 Å². The summed E-state index contributed by atoms with van der Waals surface area (Å²) in [7, 11) is -5.06. The summed E-state index contributed by atoms with van der Waals surface area (Å²) in [5.41, 5.74) is 8.59. The minimum atomic E-state index is -5.06. The second kappa shape index (κ2) is 26.7. The molecule has 0 unspecified atom stereocenters. The van der Waals surface area contributed by atoms with E-state index in [0.717, 1.165) is 28.1 Å². The quantitative estimate of drug-likeness (QED) is 0.0328.